The van der Waals surface area contributed by atoms with Gasteiger partial charge in [-0.3, -0.25) is 4.79 Å². The molecule has 1 aliphatic rings. The van der Waals surface area contributed by atoms with E-state index in [0.29, 0.717) is 17.0 Å². The Bertz CT molecular complexity index is 737. The zero-order chi connectivity index (χ0) is 18.0. The molecule has 5 atom stereocenters. The molecule has 0 aromatic carbocycles. The summed E-state index contributed by atoms with van der Waals surface area (Å²) in [6.45, 7) is 1.23. The smallest absolute Gasteiger partial charge is 0.236 e. The number of carbonyl (C=O) groups is 1. The molecule has 11 nitrogen and oxygen atoms in total. The van der Waals surface area contributed by atoms with Crippen molar-refractivity contribution >= 4 is 22.9 Å². The van der Waals surface area contributed by atoms with Crippen molar-refractivity contribution in [1.29, 1.82) is 0 Å². The van der Waals surface area contributed by atoms with Gasteiger partial charge in [-0.2, -0.15) is 0 Å². The minimum absolute atomic E-state index is 0.193. The second-order valence-corrected chi connectivity index (χ2v) is 5.95. The zero-order valence-electron chi connectivity index (χ0n) is 13.6. The van der Waals surface area contributed by atoms with Crippen molar-refractivity contribution < 1.29 is 19.7 Å². The van der Waals surface area contributed by atoms with Gasteiger partial charge < -0.3 is 36.3 Å². The van der Waals surface area contributed by atoms with E-state index in [1.165, 1.54) is 12.7 Å². The molecule has 3 rings (SSSR count). The van der Waals surface area contributed by atoms with E-state index in [4.69, 9.17) is 10.5 Å². The van der Waals surface area contributed by atoms with E-state index in [2.05, 4.69) is 30.6 Å². The highest BCUT2D eigenvalue weighted by molar-refractivity contribution is 5.82. The number of hydrogen-bond acceptors (Lipinski definition) is 9. The van der Waals surface area contributed by atoms with Crippen LogP contribution < -0.4 is 16.4 Å². The van der Waals surface area contributed by atoms with Crippen LogP contribution in [0.25, 0.3) is 11.2 Å². The number of aliphatic hydroxyl groups is 2. The Morgan fingerprint density at radius 2 is 2.32 bits per heavy atom. The SMILES string of the molecule is C[C@@H](N)C(=O)N[C@@H]1C[C@H](O)[C@@H](Nc2ncnc3nc[nH]c23)O[C@H]1CO. The maximum Gasteiger partial charge on any atom is 0.236 e. The number of nitrogens with one attached hydrogen (secondary N) is 3. The first-order valence-corrected chi connectivity index (χ1v) is 7.90. The van der Waals surface area contributed by atoms with Crippen LogP contribution in [0.2, 0.25) is 0 Å². The van der Waals surface area contributed by atoms with Gasteiger partial charge in [0, 0.05) is 6.42 Å². The average molecular weight is 351 g/mol. The third kappa shape index (κ3) is 3.69. The molecule has 0 spiro atoms. The molecule has 0 bridgehead atoms. The molecule has 0 unspecified atom stereocenters. The van der Waals surface area contributed by atoms with Gasteiger partial charge in [0.15, 0.2) is 17.7 Å². The van der Waals surface area contributed by atoms with Crippen molar-refractivity contribution in [2.45, 2.75) is 43.9 Å². The van der Waals surface area contributed by atoms with Crippen molar-refractivity contribution in [3.05, 3.63) is 12.7 Å². The van der Waals surface area contributed by atoms with E-state index in [-0.39, 0.29) is 18.9 Å². The number of rotatable bonds is 5. The lowest BCUT2D eigenvalue weighted by Crippen LogP contribution is -2.59. The molecule has 7 N–H and O–H groups in total. The number of nitrogens with zero attached hydrogens (tertiary/aromatic N) is 3. The average Bonchev–Trinajstić information content (AvgIpc) is 3.06. The quantitative estimate of drug-likeness (QED) is 0.358. The summed E-state index contributed by atoms with van der Waals surface area (Å²) in [5.41, 5.74) is 6.58. The molecule has 1 aliphatic heterocycles. The molecular weight excluding hydrogens is 330 g/mol. The molecule has 2 aromatic rings. The van der Waals surface area contributed by atoms with E-state index >= 15 is 0 Å². The van der Waals surface area contributed by atoms with Crippen LogP contribution in [0.5, 0.6) is 0 Å². The van der Waals surface area contributed by atoms with E-state index < -0.39 is 30.5 Å². The molecule has 3 heterocycles. The van der Waals surface area contributed by atoms with E-state index in [9.17, 15) is 15.0 Å². The Morgan fingerprint density at radius 3 is 3.04 bits per heavy atom. The number of imidazole rings is 1. The summed E-state index contributed by atoms with van der Waals surface area (Å²) < 4.78 is 5.71. The summed E-state index contributed by atoms with van der Waals surface area (Å²) >= 11 is 0. The topological polar surface area (TPSA) is 171 Å². The van der Waals surface area contributed by atoms with Crippen molar-refractivity contribution in [3.63, 3.8) is 0 Å². The van der Waals surface area contributed by atoms with Gasteiger partial charge in [-0.05, 0) is 6.92 Å². The highest BCUT2D eigenvalue weighted by Crippen LogP contribution is 2.23. The fourth-order valence-electron chi connectivity index (χ4n) is 2.69. The van der Waals surface area contributed by atoms with Gasteiger partial charge in [-0.1, -0.05) is 0 Å². The van der Waals surface area contributed by atoms with Crippen molar-refractivity contribution in [2.75, 3.05) is 11.9 Å². The molecule has 0 saturated carbocycles. The summed E-state index contributed by atoms with van der Waals surface area (Å²) in [5, 5.41) is 25.6. The molecule has 1 fully saturated rings. The van der Waals surface area contributed by atoms with Gasteiger partial charge in [-0.25, -0.2) is 15.0 Å². The molecule has 25 heavy (non-hydrogen) atoms. The van der Waals surface area contributed by atoms with Crippen molar-refractivity contribution in [1.82, 2.24) is 25.3 Å². The van der Waals surface area contributed by atoms with Gasteiger partial charge in [0.2, 0.25) is 5.91 Å². The third-order valence-electron chi connectivity index (χ3n) is 4.04. The minimum Gasteiger partial charge on any atom is -0.394 e. The number of aliphatic hydroxyl groups excluding tert-OH is 2. The highest BCUT2D eigenvalue weighted by Gasteiger charge is 2.38. The molecule has 0 radical (unpaired) electrons. The lowest BCUT2D eigenvalue weighted by molar-refractivity contribution is -0.142. The largest absolute Gasteiger partial charge is 0.394 e. The molecule has 11 heteroatoms. The molecule has 1 saturated heterocycles. The molecule has 0 aliphatic carbocycles. The van der Waals surface area contributed by atoms with Crippen LogP contribution in [0.1, 0.15) is 13.3 Å². The van der Waals surface area contributed by atoms with E-state index in [0.717, 1.165) is 0 Å². The van der Waals surface area contributed by atoms with Crippen LogP contribution in [0, 0.1) is 0 Å². The maximum absolute atomic E-state index is 11.8. The number of nitrogens with two attached hydrogens (primary N) is 1. The Hall–Kier alpha value is -2.34. The lowest BCUT2D eigenvalue weighted by Gasteiger charge is -2.39. The Labute approximate surface area is 143 Å². The van der Waals surface area contributed by atoms with Gasteiger partial charge in [0.25, 0.3) is 0 Å². The minimum atomic E-state index is -0.936. The third-order valence-corrected chi connectivity index (χ3v) is 4.04. The summed E-state index contributed by atoms with van der Waals surface area (Å²) in [5.74, 6) is 0.0435. The molecular formula is C14H21N7O4. The summed E-state index contributed by atoms with van der Waals surface area (Å²) in [4.78, 5) is 26.8. The van der Waals surface area contributed by atoms with Gasteiger partial charge in [0.05, 0.1) is 25.0 Å². The number of amides is 1. The van der Waals surface area contributed by atoms with Gasteiger partial charge in [0.1, 0.15) is 24.1 Å². The first kappa shape index (κ1) is 17.5. The van der Waals surface area contributed by atoms with Crippen LogP contribution in [-0.2, 0) is 9.53 Å². The number of ether oxygens (including phenoxy) is 1. The van der Waals surface area contributed by atoms with Crippen molar-refractivity contribution in [2.24, 2.45) is 5.73 Å². The number of aromatic nitrogens is 4. The van der Waals surface area contributed by atoms with Crippen LogP contribution in [0.3, 0.4) is 0 Å². The van der Waals surface area contributed by atoms with E-state index in [1.807, 2.05) is 0 Å². The number of carbonyl (C=O) groups excluding carboxylic acids is 1. The van der Waals surface area contributed by atoms with Crippen molar-refractivity contribution in [3.8, 4) is 0 Å². The summed E-state index contributed by atoms with van der Waals surface area (Å²) in [7, 11) is 0. The predicted octanol–water partition coefficient (Wildman–Crippen LogP) is -1.93. The second-order valence-electron chi connectivity index (χ2n) is 5.95. The standard InChI is InChI=1S/C14H21N7O4/c1-6(15)13(24)20-7-2-8(23)14(25-9(7)3-22)21-12-10-11(17-4-16-10)18-5-19-12/h4-9,14,22-23H,2-3,15H2,1H3,(H,20,24)(H2,16,17,18,19,21)/t6-,7-,8+,9+,14+/m1/s1. The molecule has 2 aromatic heterocycles. The van der Waals surface area contributed by atoms with Gasteiger partial charge >= 0.3 is 0 Å². The first-order chi connectivity index (χ1) is 12.0. The number of fused-ring (bicyclic) bond motifs is 1. The monoisotopic (exact) mass is 351 g/mol. The number of hydrogen-bond donors (Lipinski definition) is 6. The zero-order valence-corrected chi connectivity index (χ0v) is 13.6. The summed E-state index contributed by atoms with van der Waals surface area (Å²) in [6, 6.07) is -1.24. The van der Waals surface area contributed by atoms with Crippen LogP contribution in [-0.4, -0.2) is 73.2 Å². The van der Waals surface area contributed by atoms with Crippen LogP contribution in [0.15, 0.2) is 12.7 Å². The lowest BCUT2D eigenvalue weighted by atomic mass is 9.98. The molecule has 136 valence electrons. The van der Waals surface area contributed by atoms with Crippen LogP contribution >= 0.6 is 0 Å². The van der Waals surface area contributed by atoms with E-state index in [1.54, 1.807) is 6.92 Å². The fraction of sp³-hybridized carbons (Fsp3) is 0.571. The summed E-state index contributed by atoms with van der Waals surface area (Å²) in [6.07, 6.45) is 0.576. The highest BCUT2D eigenvalue weighted by atomic mass is 16.5. The maximum atomic E-state index is 11.8. The van der Waals surface area contributed by atoms with Crippen LogP contribution in [0.4, 0.5) is 5.82 Å². The number of anilines is 1. The Balaban J connectivity index is 1.72. The Kier molecular flexibility index (Phi) is 5.08. The van der Waals surface area contributed by atoms with Gasteiger partial charge in [-0.15, -0.1) is 0 Å². The number of aromatic amines is 1. The normalized spacial score (nSPS) is 27.8. The first-order valence-electron chi connectivity index (χ1n) is 7.90. The Morgan fingerprint density at radius 1 is 1.52 bits per heavy atom. The fourth-order valence-corrected chi connectivity index (χ4v) is 2.69. The predicted molar refractivity (Wildman–Crippen MR) is 87.3 cm³/mol. The second kappa shape index (κ2) is 7.27. The molecule has 1 amide bonds. The number of H-pyrrole nitrogens is 1.